The van der Waals surface area contributed by atoms with Gasteiger partial charge in [-0.1, -0.05) is 15.9 Å². The molecule has 0 amide bonds. The molecule has 0 spiro atoms. The predicted molar refractivity (Wildman–Crippen MR) is 107 cm³/mol. The maximum absolute atomic E-state index is 12.7. The third-order valence-corrected chi connectivity index (χ3v) is 4.98. The third kappa shape index (κ3) is 3.09. The summed E-state index contributed by atoms with van der Waals surface area (Å²) >= 11 is 3.45. The highest BCUT2D eigenvalue weighted by Crippen LogP contribution is 2.43. The van der Waals surface area contributed by atoms with Gasteiger partial charge in [0, 0.05) is 22.5 Å². The molecule has 28 heavy (non-hydrogen) atoms. The lowest BCUT2D eigenvalue weighted by molar-refractivity contribution is 0.364. The summed E-state index contributed by atoms with van der Waals surface area (Å²) in [6.07, 6.45) is 0.392. The summed E-state index contributed by atoms with van der Waals surface area (Å²) in [4.78, 5) is 20.1. The number of nitrogens with one attached hydrogen (secondary N) is 1. The molecule has 1 N–H and O–H groups in total. The molecule has 1 aliphatic heterocycles. The smallest absolute Gasteiger partial charge is 0.258 e. The number of methoxy groups -OCH3 is 3. The monoisotopic (exact) mass is 444 g/mol. The van der Waals surface area contributed by atoms with Crippen LogP contribution in [-0.2, 0) is 6.42 Å². The highest BCUT2D eigenvalue weighted by Gasteiger charge is 2.26. The minimum atomic E-state index is -0.262. The lowest BCUT2D eigenvalue weighted by Crippen LogP contribution is -2.20. The van der Waals surface area contributed by atoms with E-state index in [4.69, 9.17) is 18.9 Å². The Morgan fingerprint density at radius 3 is 2.57 bits per heavy atom. The van der Waals surface area contributed by atoms with E-state index in [1.54, 1.807) is 39.5 Å². The molecule has 3 aromatic rings. The van der Waals surface area contributed by atoms with Crippen LogP contribution in [0.15, 0.2) is 39.6 Å². The molecule has 0 saturated carbocycles. The normalized spacial score (nSPS) is 11.9. The number of nitrogens with zero attached hydrogens (tertiary/aromatic N) is 1. The molecule has 0 bridgehead atoms. The van der Waals surface area contributed by atoms with Crippen molar-refractivity contribution < 1.29 is 18.9 Å². The first kappa shape index (κ1) is 18.4. The van der Waals surface area contributed by atoms with Crippen LogP contribution in [0.2, 0.25) is 0 Å². The van der Waals surface area contributed by atoms with E-state index in [1.807, 2.05) is 12.1 Å². The molecule has 0 fully saturated rings. The van der Waals surface area contributed by atoms with E-state index in [9.17, 15) is 4.79 Å². The lowest BCUT2D eigenvalue weighted by Gasteiger charge is -2.21. The minimum Gasteiger partial charge on any atom is -0.497 e. The summed E-state index contributed by atoms with van der Waals surface area (Å²) in [7, 11) is 4.69. The van der Waals surface area contributed by atoms with Crippen LogP contribution in [0.25, 0.3) is 11.4 Å². The zero-order valence-corrected chi connectivity index (χ0v) is 17.0. The number of hydrogen-bond acceptors (Lipinski definition) is 6. The fourth-order valence-electron chi connectivity index (χ4n) is 3.15. The van der Waals surface area contributed by atoms with Crippen molar-refractivity contribution in [1.29, 1.82) is 0 Å². The lowest BCUT2D eigenvalue weighted by atomic mass is 10.0. The molecule has 0 atom stereocenters. The van der Waals surface area contributed by atoms with Gasteiger partial charge in [-0.25, -0.2) is 0 Å². The van der Waals surface area contributed by atoms with E-state index in [0.29, 0.717) is 46.4 Å². The Morgan fingerprint density at radius 1 is 1.07 bits per heavy atom. The van der Waals surface area contributed by atoms with Gasteiger partial charge in [0.05, 0.1) is 32.5 Å². The SMILES string of the molecule is COc1ccc(-c2nc3c(c(=O)[nH]2)Cc2cc(Br)cc(OC)c2O3)c(OC)c1. The molecule has 2 heterocycles. The van der Waals surface area contributed by atoms with Crippen molar-refractivity contribution in [3.63, 3.8) is 0 Å². The van der Waals surface area contributed by atoms with Crippen molar-refractivity contribution in [3.8, 4) is 40.3 Å². The molecule has 2 aromatic carbocycles. The summed E-state index contributed by atoms with van der Waals surface area (Å²) in [5.74, 6) is 2.90. The van der Waals surface area contributed by atoms with Crippen LogP contribution >= 0.6 is 15.9 Å². The number of rotatable bonds is 4. The molecule has 0 unspecified atom stereocenters. The molecule has 1 aliphatic rings. The Morgan fingerprint density at radius 2 is 1.86 bits per heavy atom. The first-order valence-corrected chi connectivity index (χ1v) is 9.23. The van der Waals surface area contributed by atoms with Gasteiger partial charge in [0.2, 0.25) is 5.88 Å². The average Bonchev–Trinajstić information content (AvgIpc) is 2.71. The molecule has 0 radical (unpaired) electrons. The number of ether oxygens (including phenoxy) is 4. The summed E-state index contributed by atoms with van der Waals surface area (Å²) in [6.45, 7) is 0. The minimum absolute atomic E-state index is 0.254. The first-order chi connectivity index (χ1) is 13.5. The van der Waals surface area contributed by atoms with Gasteiger partial charge in [0.25, 0.3) is 5.56 Å². The third-order valence-electron chi connectivity index (χ3n) is 4.52. The molecule has 1 aromatic heterocycles. The fraction of sp³-hybridized carbons (Fsp3) is 0.200. The Balaban J connectivity index is 1.83. The number of aromatic amines is 1. The summed E-state index contributed by atoms with van der Waals surface area (Å²) in [5.41, 5.74) is 1.67. The van der Waals surface area contributed by atoms with Gasteiger partial charge >= 0.3 is 0 Å². The molecule has 144 valence electrons. The van der Waals surface area contributed by atoms with Gasteiger partial charge < -0.3 is 23.9 Å². The second-order valence-corrected chi connectivity index (χ2v) is 7.06. The Kier molecular flexibility index (Phi) is 4.72. The number of benzene rings is 2. The van der Waals surface area contributed by atoms with Crippen LogP contribution < -0.4 is 24.5 Å². The topological polar surface area (TPSA) is 82.7 Å². The van der Waals surface area contributed by atoms with Gasteiger partial charge in [-0.15, -0.1) is 0 Å². The van der Waals surface area contributed by atoms with Crippen molar-refractivity contribution in [2.24, 2.45) is 0 Å². The first-order valence-electron chi connectivity index (χ1n) is 8.44. The molecule has 4 rings (SSSR count). The van der Waals surface area contributed by atoms with E-state index in [0.717, 1.165) is 10.0 Å². The number of H-pyrrole nitrogens is 1. The second kappa shape index (κ2) is 7.20. The van der Waals surface area contributed by atoms with Crippen LogP contribution in [0.3, 0.4) is 0 Å². The van der Waals surface area contributed by atoms with E-state index in [2.05, 4.69) is 25.9 Å². The van der Waals surface area contributed by atoms with Crippen LogP contribution in [0.5, 0.6) is 28.9 Å². The van der Waals surface area contributed by atoms with Gasteiger partial charge in [-0.3, -0.25) is 4.79 Å². The second-order valence-electron chi connectivity index (χ2n) is 6.14. The van der Waals surface area contributed by atoms with E-state index >= 15 is 0 Å². The van der Waals surface area contributed by atoms with Crippen LogP contribution in [0.1, 0.15) is 11.1 Å². The van der Waals surface area contributed by atoms with Gasteiger partial charge in [-0.2, -0.15) is 4.98 Å². The summed E-state index contributed by atoms with van der Waals surface area (Å²) in [5, 5.41) is 0. The fourth-order valence-corrected chi connectivity index (χ4v) is 3.63. The van der Waals surface area contributed by atoms with E-state index in [-0.39, 0.29) is 11.4 Å². The zero-order chi connectivity index (χ0) is 19.8. The van der Waals surface area contributed by atoms with Crippen LogP contribution in [0.4, 0.5) is 0 Å². The van der Waals surface area contributed by atoms with Crippen molar-refractivity contribution in [2.45, 2.75) is 6.42 Å². The molecule has 7 nitrogen and oxygen atoms in total. The number of fused-ring (bicyclic) bond motifs is 2. The maximum Gasteiger partial charge on any atom is 0.258 e. The van der Waals surface area contributed by atoms with Crippen LogP contribution in [0, 0.1) is 0 Å². The van der Waals surface area contributed by atoms with Gasteiger partial charge in [0.1, 0.15) is 17.3 Å². The quantitative estimate of drug-likeness (QED) is 0.513. The Hall–Kier alpha value is -3.00. The highest BCUT2D eigenvalue weighted by molar-refractivity contribution is 9.10. The molecular weight excluding hydrogens is 428 g/mol. The van der Waals surface area contributed by atoms with Gasteiger partial charge in [0.15, 0.2) is 11.5 Å². The molecule has 8 heteroatoms. The molecule has 0 saturated heterocycles. The van der Waals surface area contributed by atoms with E-state index in [1.165, 1.54) is 0 Å². The van der Waals surface area contributed by atoms with Gasteiger partial charge in [-0.05, 0) is 24.3 Å². The zero-order valence-electron chi connectivity index (χ0n) is 15.5. The van der Waals surface area contributed by atoms with Crippen molar-refractivity contribution in [2.75, 3.05) is 21.3 Å². The maximum atomic E-state index is 12.7. The molecular formula is C20H17BrN2O5. The number of hydrogen-bond donors (Lipinski definition) is 1. The largest absolute Gasteiger partial charge is 0.497 e. The predicted octanol–water partition coefficient (Wildman–Crippen LogP) is 3.92. The Bertz CT molecular complexity index is 1130. The number of aromatic nitrogens is 2. The number of halogens is 1. The van der Waals surface area contributed by atoms with Crippen LogP contribution in [-0.4, -0.2) is 31.3 Å². The summed E-state index contributed by atoms with van der Waals surface area (Å²) in [6, 6.07) is 8.99. The average molecular weight is 445 g/mol. The van der Waals surface area contributed by atoms with Crippen molar-refractivity contribution in [1.82, 2.24) is 9.97 Å². The standard InChI is InChI=1S/C20H17BrN2O5/c1-25-12-4-5-13(15(9-12)26-2)18-22-19(24)14-7-10-6-11(21)8-16(27-3)17(10)28-20(14)23-18/h4-6,8-9H,7H2,1-3H3,(H,22,23,24). The van der Waals surface area contributed by atoms with E-state index < -0.39 is 0 Å². The van der Waals surface area contributed by atoms with Crippen molar-refractivity contribution >= 4 is 15.9 Å². The van der Waals surface area contributed by atoms with Crippen molar-refractivity contribution in [3.05, 3.63) is 56.3 Å². The summed E-state index contributed by atoms with van der Waals surface area (Å²) < 4.78 is 22.9. The molecule has 0 aliphatic carbocycles. The highest BCUT2D eigenvalue weighted by atomic mass is 79.9. The Labute approximate surface area is 169 Å².